The number of hydrogen-bond acceptors (Lipinski definition) is 4. The molecule has 30 heavy (non-hydrogen) atoms. The maximum atomic E-state index is 12.7. The van der Waals surface area contributed by atoms with Crippen LogP contribution in [-0.2, 0) is 6.61 Å². The molecule has 0 radical (unpaired) electrons. The molecule has 0 fully saturated rings. The number of benzene rings is 3. The van der Waals surface area contributed by atoms with Gasteiger partial charge in [-0.25, -0.2) is 0 Å². The summed E-state index contributed by atoms with van der Waals surface area (Å²) in [7, 11) is 0. The summed E-state index contributed by atoms with van der Waals surface area (Å²) in [5.41, 5.74) is 1.77. The van der Waals surface area contributed by atoms with E-state index in [1.165, 1.54) is 6.26 Å². The van der Waals surface area contributed by atoms with Crippen molar-refractivity contribution >= 4 is 45.8 Å². The van der Waals surface area contributed by atoms with Crippen molar-refractivity contribution in [1.29, 1.82) is 0 Å². The largest absolute Gasteiger partial charge is 0.489 e. The highest BCUT2D eigenvalue weighted by Gasteiger charge is 2.13. The van der Waals surface area contributed by atoms with E-state index in [4.69, 9.17) is 48.7 Å². The molecule has 0 aliphatic rings. The van der Waals surface area contributed by atoms with Crippen molar-refractivity contribution in [2.24, 2.45) is 0 Å². The maximum Gasteiger partial charge on any atom is 0.235 e. The molecule has 0 amide bonds. The van der Waals surface area contributed by atoms with Crippen LogP contribution in [0.4, 0.5) is 0 Å². The van der Waals surface area contributed by atoms with Gasteiger partial charge in [-0.15, -0.1) is 0 Å². The molecule has 0 unspecified atom stereocenters. The van der Waals surface area contributed by atoms with Gasteiger partial charge >= 0.3 is 0 Å². The molecule has 4 nitrogen and oxygen atoms in total. The Morgan fingerprint density at radius 2 is 1.60 bits per heavy atom. The van der Waals surface area contributed by atoms with Crippen molar-refractivity contribution in [2.45, 2.75) is 13.5 Å². The molecule has 3 aromatic carbocycles. The molecule has 1 aromatic heterocycles. The van der Waals surface area contributed by atoms with E-state index >= 15 is 0 Å². The molecule has 4 aromatic rings. The van der Waals surface area contributed by atoms with Crippen LogP contribution in [0.25, 0.3) is 11.0 Å². The number of rotatable bonds is 5. The van der Waals surface area contributed by atoms with Crippen molar-refractivity contribution < 1.29 is 13.9 Å². The Hall–Kier alpha value is -2.66. The van der Waals surface area contributed by atoms with Crippen LogP contribution in [-0.4, -0.2) is 0 Å². The first kappa shape index (κ1) is 20.6. The van der Waals surface area contributed by atoms with Gasteiger partial charge in [-0.05, 0) is 43.3 Å². The zero-order valence-corrected chi connectivity index (χ0v) is 18.0. The zero-order chi connectivity index (χ0) is 21.3. The van der Waals surface area contributed by atoms with Gasteiger partial charge in [-0.3, -0.25) is 4.79 Å². The highest BCUT2D eigenvalue weighted by atomic mass is 35.5. The SMILES string of the molecule is Cc1ccc(Oc2coc3cc(OCc4c(Cl)ccc(Cl)c4Cl)ccc3c2=O)cc1. The fraction of sp³-hybridized carbons (Fsp3) is 0.0870. The lowest BCUT2D eigenvalue weighted by atomic mass is 10.2. The van der Waals surface area contributed by atoms with Gasteiger partial charge in [0.2, 0.25) is 11.2 Å². The summed E-state index contributed by atoms with van der Waals surface area (Å²) >= 11 is 18.4. The van der Waals surface area contributed by atoms with Crippen LogP contribution in [0.3, 0.4) is 0 Å². The summed E-state index contributed by atoms with van der Waals surface area (Å²) < 4.78 is 17.0. The van der Waals surface area contributed by atoms with Gasteiger partial charge in [-0.2, -0.15) is 0 Å². The van der Waals surface area contributed by atoms with Crippen LogP contribution in [0.2, 0.25) is 15.1 Å². The fourth-order valence-electron chi connectivity index (χ4n) is 2.84. The number of halogens is 3. The van der Waals surface area contributed by atoms with Gasteiger partial charge in [0.1, 0.15) is 30.0 Å². The summed E-state index contributed by atoms with van der Waals surface area (Å²) in [5.74, 6) is 1.16. The van der Waals surface area contributed by atoms with Gasteiger partial charge in [-0.1, -0.05) is 52.5 Å². The molecule has 0 saturated heterocycles. The minimum atomic E-state index is -0.274. The standard InChI is InChI=1S/C23H15Cl3O4/c1-13-2-4-14(5-3-13)30-21-12-29-20-10-15(6-7-16(20)23(21)27)28-11-17-18(24)8-9-19(25)22(17)26/h2-10,12H,11H2,1H3. The smallest absolute Gasteiger partial charge is 0.235 e. The van der Waals surface area contributed by atoms with E-state index in [1.54, 1.807) is 42.5 Å². The lowest BCUT2D eigenvalue weighted by molar-refractivity contribution is 0.306. The highest BCUT2D eigenvalue weighted by molar-refractivity contribution is 6.44. The molecule has 0 atom stereocenters. The molecule has 152 valence electrons. The maximum absolute atomic E-state index is 12.7. The lowest BCUT2D eigenvalue weighted by Crippen LogP contribution is -2.05. The second kappa shape index (κ2) is 8.60. The average molecular weight is 462 g/mol. The summed E-state index contributed by atoms with van der Waals surface area (Å²) in [6.45, 7) is 2.09. The van der Waals surface area contributed by atoms with Crippen molar-refractivity contribution in [1.82, 2.24) is 0 Å². The number of fused-ring (bicyclic) bond motifs is 1. The van der Waals surface area contributed by atoms with Crippen LogP contribution in [0.15, 0.2) is 70.1 Å². The predicted octanol–water partition coefficient (Wildman–Crippen LogP) is 7.43. The third-order valence-corrected chi connectivity index (χ3v) is 5.68. The molecular formula is C23H15Cl3O4. The second-order valence-electron chi connectivity index (χ2n) is 6.61. The van der Waals surface area contributed by atoms with Crippen LogP contribution < -0.4 is 14.9 Å². The first-order valence-corrected chi connectivity index (χ1v) is 10.1. The zero-order valence-electron chi connectivity index (χ0n) is 15.7. The molecule has 0 N–H and O–H groups in total. The molecule has 0 bridgehead atoms. The Balaban J connectivity index is 1.57. The molecule has 4 rings (SSSR count). The van der Waals surface area contributed by atoms with Crippen molar-refractivity contribution in [3.05, 3.63) is 97.3 Å². The van der Waals surface area contributed by atoms with Crippen molar-refractivity contribution in [3.8, 4) is 17.2 Å². The Bertz CT molecular complexity index is 1280. The Morgan fingerprint density at radius 3 is 2.37 bits per heavy atom. The van der Waals surface area contributed by atoms with Crippen molar-refractivity contribution in [2.75, 3.05) is 0 Å². The Morgan fingerprint density at radius 1 is 0.900 bits per heavy atom. The summed E-state index contributed by atoms with van der Waals surface area (Å²) in [6, 6.07) is 15.6. The van der Waals surface area contributed by atoms with Gasteiger partial charge in [0, 0.05) is 16.7 Å². The van der Waals surface area contributed by atoms with Gasteiger partial charge in [0.15, 0.2) is 0 Å². The van der Waals surface area contributed by atoms with E-state index in [1.807, 2.05) is 19.1 Å². The third-order valence-electron chi connectivity index (χ3n) is 4.49. The van der Waals surface area contributed by atoms with Crippen LogP contribution in [0, 0.1) is 6.92 Å². The number of ether oxygens (including phenoxy) is 2. The molecule has 1 heterocycles. The van der Waals surface area contributed by atoms with E-state index in [0.717, 1.165) is 5.56 Å². The molecule has 0 saturated carbocycles. The van der Waals surface area contributed by atoms with Crippen molar-refractivity contribution in [3.63, 3.8) is 0 Å². The van der Waals surface area contributed by atoms with Crippen LogP contribution in [0.1, 0.15) is 11.1 Å². The summed E-state index contributed by atoms with van der Waals surface area (Å²) in [4.78, 5) is 12.7. The third kappa shape index (κ3) is 4.26. The predicted molar refractivity (Wildman–Crippen MR) is 120 cm³/mol. The fourth-order valence-corrected chi connectivity index (χ4v) is 3.50. The lowest BCUT2D eigenvalue weighted by Gasteiger charge is -2.11. The summed E-state index contributed by atoms with van der Waals surface area (Å²) in [6.07, 6.45) is 1.29. The van der Waals surface area contributed by atoms with E-state index in [0.29, 0.717) is 43.1 Å². The Kier molecular flexibility index (Phi) is 5.91. The molecule has 0 aliphatic carbocycles. The minimum absolute atomic E-state index is 0.109. The van der Waals surface area contributed by atoms with E-state index < -0.39 is 0 Å². The van der Waals surface area contributed by atoms with Gasteiger partial charge in [0.05, 0.1) is 15.4 Å². The number of hydrogen-bond donors (Lipinski definition) is 0. The van der Waals surface area contributed by atoms with Gasteiger partial charge in [0.25, 0.3) is 0 Å². The monoisotopic (exact) mass is 460 g/mol. The first-order chi connectivity index (χ1) is 14.4. The molecular weight excluding hydrogens is 447 g/mol. The molecule has 7 heteroatoms. The topological polar surface area (TPSA) is 48.7 Å². The second-order valence-corrected chi connectivity index (χ2v) is 7.80. The molecule has 0 spiro atoms. The van der Waals surface area contributed by atoms with Gasteiger partial charge < -0.3 is 13.9 Å². The highest BCUT2D eigenvalue weighted by Crippen LogP contribution is 2.32. The normalized spacial score (nSPS) is 10.9. The van der Waals surface area contributed by atoms with Crippen LogP contribution in [0.5, 0.6) is 17.2 Å². The number of aryl methyl sites for hydroxylation is 1. The van der Waals surface area contributed by atoms with E-state index in [2.05, 4.69) is 0 Å². The average Bonchev–Trinajstić information content (AvgIpc) is 2.74. The quantitative estimate of drug-likeness (QED) is 0.290. The van der Waals surface area contributed by atoms with E-state index in [9.17, 15) is 4.79 Å². The Labute approximate surface area is 187 Å². The summed E-state index contributed by atoms with van der Waals surface area (Å²) in [5, 5.41) is 1.57. The first-order valence-electron chi connectivity index (χ1n) is 8.97. The molecule has 0 aliphatic heterocycles. The minimum Gasteiger partial charge on any atom is -0.489 e. The van der Waals surface area contributed by atoms with Crippen LogP contribution >= 0.6 is 34.8 Å². The van der Waals surface area contributed by atoms with E-state index in [-0.39, 0.29) is 17.8 Å².